The molecule has 0 aromatic carbocycles. The molecule has 1 heterocycles. The monoisotopic (exact) mass is 220 g/mol. The summed E-state index contributed by atoms with van der Waals surface area (Å²) < 4.78 is 5.86. The molecule has 0 amide bonds. The highest BCUT2D eigenvalue weighted by Crippen LogP contribution is 2.59. The van der Waals surface area contributed by atoms with Gasteiger partial charge in [0.2, 0.25) is 0 Å². The van der Waals surface area contributed by atoms with Gasteiger partial charge in [-0.1, -0.05) is 26.0 Å². The third kappa shape index (κ3) is 1.48. The molecule has 0 radical (unpaired) electrons. The molecule has 0 aromatic heterocycles. The van der Waals surface area contributed by atoms with Crippen LogP contribution in [0.5, 0.6) is 0 Å². The van der Waals surface area contributed by atoms with Crippen LogP contribution in [0, 0.1) is 17.3 Å². The molecule has 1 saturated heterocycles. The van der Waals surface area contributed by atoms with E-state index in [2.05, 4.69) is 27.4 Å². The predicted molar refractivity (Wildman–Crippen MR) is 66.3 cm³/mol. The molecular weight excluding hydrogens is 196 g/mol. The van der Waals surface area contributed by atoms with Gasteiger partial charge in [-0.25, -0.2) is 0 Å². The van der Waals surface area contributed by atoms with E-state index in [1.165, 1.54) is 37.7 Å². The van der Waals surface area contributed by atoms with E-state index in [4.69, 9.17) is 4.74 Å². The lowest BCUT2D eigenvalue weighted by molar-refractivity contribution is -0.00211. The number of rotatable bonds is 0. The maximum Gasteiger partial charge on any atom is 0.0920 e. The van der Waals surface area contributed by atoms with Gasteiger partial charge in [-0.05, 0) is 56.3 Å². The first-order valence-corrected chi connectivity index (χ1v) is 6.78. The Morgan fingerprint density at radius 2 is 2.00 bits per heavy atom. The fraction of sp³-hybridized carbons (Fsp3) is 0.867. The second-order valence-electron chi connectivity index (χ2n) is 7.06. The van der Waals surface area contributed by atoms with Gasteiger partial charge in [0.05, 0.1) is 11.7 Å². The van der Waals surface area contributed by atoms with Gasteiger partial charge in [0.25, 0.3) is 0 Å². The van der Waals surface area contributed by atoms with Gasteiger partial charge in [0.1, 0.15) is 0 Å². The van der Waals surface area contributed by atoms with Crippen LogP contribution < -0.4 is 0 Å². The minimum atomic E-state index is 0.223. The molecule has 1 aliphatic heterocycles. The van der Waals surface area contributed by atoms with Crippen molar-refractivity contribution in [2.45, 2.75) is 64.6 Å². The van der Waals surface area contributed by atoms with E-state index in [0.29, 0.717) is 11.5 Å². The van der Waals surface area contributed by atoms with E-state index in [-0.39, 0.29) is 5.60 Å². The van der Waals surface area contributed by atoms with Crippen LogP contribution in [-0.4, -0.2) is 11.7 Å². The highest BCUT2D eigenvalue weighted by atomic mass is 16.6. The van der Waals surface area contributed by atoms with Crippen molar-refractivity contribution in [3.63, 3.8) is 0 Å². The Labute approximate surface area is 99.3 Å². The van der Waals surface area contributed by atoms with Crippen LogP contribution in [0.3, 0.4) is 0 Å². The Hall–Kier alpha value is -0.300. The smallest absolute Gasteiger partial charge is 0.0920 e. The average molecular weight is 220 g/mol. The predicted octanol–water partition coefficient (Wildman–Crippen LogP) is 3.94. The van der Waals surface area contributed by atoms with E-state index in [1.807, 2.05) is 0 Å². The summed E-state index contributed by atoms with van der Waals surface area (Å²) in [5, 5.41) is 0. The van der Waals surface area contributed by atoms with Crippen LogP contribution in [0.4, 0.5) is 0 Å². The van der Waals surface area contributed by atoms with Gasteiger partial charge in [0.15, 0.2) is 0 Å². The fourth-order valence-electron chi connectivity index (χ4n) is 4.08. The number of epoxide rings is 1. The summed E-state index contributed by atoms with van der Waals surface area (Å²) in [6.45, 7) is 11.5. The lowest BCUT2D eigenvalue weighted by atomic mass is 9.52. The maximum atomic E-state index is 5.86. The SMILES string of the molecule is C=C1CCC2O[C@@]2(C)CC[C@@H]2[C@@H]1CC2(C)C. The van der Waals surface area contributed by atoms with Gasteiger partial charge in [-0.15, -0.1) is 0 Å². The largest absolute Gasteiger partial charge is 0.366 e. The maximum absolute atomic E-state index is 5.86. The molecule has 3 fully saturated rings. The first kappa shape index (κ1) is 10.8. The first-order valence-electron chi connectivity index (χ1n) is 6.78. The first-order chi connectivity index (χ1) is 7.42. The third-order valence-corrected chi connectivity index (χ3v) is 5.47. The summed E-state index contributed by atoms with van der Waals surface area (Å²) in [6.07, 6.45) is 6.89. The summed E-state index contributed by atoms with van der Waals surface area (Å²) >= 11 is 0. The van der Waals surface area contributed by atoms with E-state index in [9.17, 15) is 0 Å². The van der Waals surface area contributed by atoms with E-state index in [1.54, 1.807) is 0 Å². The molecule has 0 spiro atoms. The summed E-state index contributed by atoms with van der Waals surface area (Å²) in [7, 11) is 0. The number of ether oxygens (including phenoxy) is 1. The summed E-state index contributed by atoms with van der Waals surface area (Å²) in [5.41, 5.74) is 2.27. The molecule has 0 bridgehead atoms. The average Bonchev–Trinajstić information content (AvgIpc) is 2.82. The molecule has 2 aliphatic carbocycles. The minimum absolute atomic E-state index is 0.223. The lowest BCUT2D eigenvalue weighted by Crippen LogP contribution is -2.44. The molecule has 4 atom stereocenters. The zero-order valence-electron chi connectivity index (χ0n) is 10.9. The van der Waals surface area contributed by atoms with Gasteiger partial charge < -0.3 is 4.74 Å². The third-order valence-electron chi connectivity index (χ3n) is 5.47. The normalized spacial score (nSPS) is 50.2. The van der Waals surface area contributed by atoms with Crippen molar-refractivity contribution < 1.29 is 4.74 Å². The van der Waals surface area contributed by atoms with Crippen molar-refractivity contribution >= 4 is 0 Å². The Morgan fingerprint density at radius 1 is 1.25 bits per heavy atom. The van der Waals surface area contributed by atoms with Gasteiger partial charge in [-0.2, -0.15) is 0 Å². The van der Waals surface area contributed by atoms with Gasteiger partial charge in [0, 0.05) is 0 Å². The fourth-order valence-corrected chi connectivity index (χ4v) is 4.08. The number of hydrogen-bond acceptors (Lipinski definition) is 1. The molecule has 2 saturated carbocycles. The molecular formula is C15H24O. The highest BCUT2D eigenvalue weighted by Gasteiger charge is 2.55. The molecule has 16 heavy (non-hydrogen) atoms. The van der Waals surface area contributed by atoms with Crippen molar-refractivity contribution in [2.75, 3.05) is 0 Å². The summed E-state index contributed by atoms with van der Waals surface area (Å²) in [5.74, 6) is 1.68. The Balaban J connectivity index is 1.78. The zero-order valence-corrected chi connectivity index (χ0v) is 10.9. The van der Waals surface area contributed by atoms with E-state index >= 15 is 0 Å². The van der Waals surface area contributed by atoms with Crippen molar-refractivity contribution in [2.24, 2.45) is 17.3 Å². The number of hydrogen-bond donors (Lipinski definition) is 0. The molecule has 0 N–H and O–H groups in total. The second-order valence-corrected chi connectivity index (χ2v) is 7.06. The standard InChI is InChI=1S/C15H24O/c1-10-5-6-13-15(4,16-13)8-7-12-11(10)9-14(12,2)3/h11-13H,1,5-9H2,2-4H3/t11-,12-,13?,15+/m1/s1. The van der Waals surface area contributed by atoms with Crippen LogP contribution in [0.25, 0.3) is 0 Å². The Bertz CT molecular complexity index is 330. The van der Waals surface area contributed by atoms with Crippen LogP contribution in [0.2, 0.25) is 0 Å². The van der Waals surface area contributed by atoms with Crippen molar-refractivity contribution in [3.8, 4) is 0 Å². The van der Waals surface area contributed by atoms with E-state index < -0.39 is 0 Å². The second kappa shape index (κ2) is 3.13. The number of allylic oxidation sites excluding steroid dienone is 1. The van der Waals surface area contributed by atoms with Crippen molar-refractivity contribution in [1.82, 2.24) is 0 Å². The molecule has 1 nitrogen and oxygen atoms in total. The summed E-state index contributed by atoms with van der Waals surface area (Å²) in [6, 6.07) is 0. The molecule has 3 rings (SSSR count). The van der Waals surface area contributed by atoms with Crippen LogP contribution in [0.15, 0.2) is 12.2 Å². The van der Waals surface area contributed by atoms with E-state index in [0.717, 1.165) is 11.8 Å². The molecule has 90 valence electrons. The Morgan fingerprint density at radius 3 is 2.69 bits per heavy atom. The molecule has 3 aliphatic rings. The minimum Gasteiger partial charge on any atom is -0.366 e. The highest BCUT2D eigenvalue weighted by molar-refractivity contribution is 5.16. The van der Waals surface area contributed by atoms with Crippen LogP contribution in [-0.2, 0) is 4.74 Å². The summed E-state index contributed by atoms with van der Waals surface area (Å²) in [4.78, 5) is 0. The molecule has 1 heteroatoms. The Kier molecular flexibility index (Phi) is 2.12. The zero-order chi connectivity index (χ0) is 11.6. The molecule has 1 unspecified atom stereocenters. The molecule has 0 aromatic rings. The number of fused-ring (bicyclic) bond motifs is 2. The van der Waals surface area contributed by atoms with Gasteiger partial charge in [-0.3, -0.25) is 0 Å². The van der Waals surface area contributed by atoms with Crippen LogP contribution in [0.1, 0.15) is 52.9 Å². The van der Waals surface area contributed by atoms with Crippen molar-refractivity contribution in [1.29, 1.82) is 0 Å². The van der Waals surface area contributed by atoms with Crippen molar-refractivity contribution in [3.05, 3.63) is 12.2 Å². The quantitative estimate of drug-likeness (QED) is 0.445. The van der Waals surface area contributed by atoms with Crippen LogP contribution >= 0.6 is 0 Å². The van der Waals surface area contributed by atoms with Gasteiger partial charge >= 0.3 is 0 Å². The lowest BCUT2D eigenvalue weighted by Gasteiger charge is -2.53. The topological polar surface area (TPSA) is 12.5 Å².